The molecule has 2 aromatic rings. The van der Waals surface area contributed by atoms with Gasteiger partial charge in [0.15, 0.2) is 11.5 Å². The maximum Gasteiger partial charge on any atom is 0.291 e. The Morgan fingerprint density at radius 2 is 1.95 bits per heavy atom. The van der Waals surface area contributed by atoms with E-state index in [1.165, 1.54) is 0 Å². The Balaban J connectivity index is 1.86. The first-order valence-corrected chi connectivity index (χ1v) is 8.36. The summed E-state index contributed by atoms with van der Waals surface area (Å²) in [4.78, 5) is 0. The van der Waals surface area contributed by atoms with Gasteiger partial charge < -0.3 is 15.2 Å². The van der Waals surface area contributed by atoms with Crippen LogP contribution in [0.1, 0.15) is 6.42 Å². The molecular weight excluding hydrogens is 316 g/mol. The number of hydrogen-bond donors (Lipinski definition) is 2. The van der Waals surface area contributed by atoms with E-state index in [0.29, 0.717) is 30.4 Å². The van der Waals surface area contributed by atoms with Crippen molar-refractivity contribution in [1.29, 1.82) is 0 Å². The molecule has 3 N–H and O–H groups in total. The highest BCUT2D eigenvalue weighted by Gasteiger charge is 2.21. The zero-order chi connectivity index (χ0) is 14.9. The highest BCUT2D eigenvalue weighted by atomic mass is 32.2. The van der Waals surface area contributed by atoms with Crippen LogP contribution in [0.15, 0.2) is 22.5 Å². The van der Waals surface area contributed by atoms with E-state index < -0.39 is 10.0 Å². The average molecular weight is 328 g/mol. The van der Waals surface area contributed by atoms with Gasteiger partial charge >= 0.3 is 0 Å². The number of aromatic nitrogens is 2. The highest BCUT2D eigenvalue weighted by Crippen LogP contribution is 2.33. The van der Waals surface area contributed by atoms with Gasteiger partial charge in [0.1, 0.15) is 0 Å². The summed E-state index contributed by atoms with van der Waals surface area (Å²) < 4.78 is 37.5. The fourth-order valence-electron chi connectivity index (χ4n) is 1.75. The van der Waals surface area contributed by atoms with Crippen LogP contribution in [0.5, 0.6) is 11.5 Å². The van der Waals surface area contributed by atoms with E-state index in [9.17, 15) is 8.42 Å². The SMILES string of the molecule is Nc1nnc(S(=O)(=O)Nc2ccc3c(c2)OCCCO3)s1. The monoisotopic (exact) mass is 328 g/mol. The van der Waals surface area contributed by atoms with Crippen molar-refractivity contribution in [3.63, 3.8) is 0 Å². The van der Waals surface area contributed by atoms with Gasteiger partial charge in [0.25, 0.3) is 14.4 Å². The number of nitrogens with one attached hydrogen (secondary N) is 1. The first-order valence-electron chi connectivity index (χ1n) is 6.06. The normalized spacial score (nSPS) is 14.5. The predicted octanol–water partition coefficient (Wildman–Crippen LogP) is 1.08. The molecule has 0 fully saturated rings. The van der Waals surface area contributed by atoms with Crippen LogP contribution in [0.3, 0.4) is 0 Å². The minimum atomic E-state index is -3.81. The second kappa shape index (κ2) is 5.37. The summed E-state index contributed by atoms with van der Waals surface area (Å²) in [5.41, 5.74) is 5.75. The van der Waals surface area contributed by atoms with Gasteiger partial charge in [-0.25, -0.2) is 0 Å². The molecule has 0 bridgehead atoms. The van der Waals surface area contributed by atoms with Gasteiger partial charge in [-0.15, -0.1) is 10.2 Å². The molecule has 1 aromatic carbocycles. The van der Waals surface area contributed by atoms with Gasteiger partial charge in [-0.2, -0.15) is 8.42 Å². The van der Waals surface area contributed by atoms with Crippen molar-refractivity contribution in [1.82, 2.24) is 10.2 Å². The van der Waals surface area contributed by atoms with Gasteiger partial charge in [-0.3, -0.25) is 4.72 Å². The Morgan fingerprint density at radius 3 is 2.67 bits per heavy atom. The fraction of sp³-hybridized carbons (Fsp3) is 0.273. The van der Waals surface area contributed by atoms with E-state index in [-0.39, 0.29) is 9.47 Å². The van der Waals surface area contributed by atoms with Gasteiger partial charge in [0.05, 0.1) is 18.9 Å². The maximum atomic E-state index is 12.1. The second-order valence-corrected chi connectivity index (χ2v) is 7.09. The predicted molar refractivity (Wildman–Crippen MR) is 77.2 cm³/mol. The van der Waals surface area contributed by atoms with E-state index in [1.54, 1.807) is 18.2 Å². The smallest absolute Gasteiger partial charge is 0.291 e. The number of anilines is 2. The van der Waals surface area contributed by atoms with Crippen LogP contribution < -0.4 is 19.9 Å². The summed E-state index contributed by atoms with van der Waals surface area (Å²) in [6.07, 6.45) is 0.778. The fourth-order valence-corrected chi connectivity index (χ4v) is 3.59. The number of nitrogens with zero attached hydrogens (tertiary/aromatic N) is 2. The molecule has 3 rings (SSSR count). The van der Waals surface area contributed by atoms with Crippen molar-refractivity contribution in [2.75, 3.05) is 23.7 Å². The lowest BCUT2D eigenvalue weighted by atomic mass is 10.3. The lowest BCUT2D eigenvalue weighted by molar-refractivity contribution is 0.297. The van der Waals surface area contributed by atoms with E-state index >= 15 is 0 Å². The quantitative estimate of drug-likeness (QED) is 0.866. The maximum absolute atomic E-state index is 12.1. The van der Waals surface area contributed by atoms with Crippen LogP contribution in [0.25, 0.3) is 0 Å². The molecule has 1 aliphatic rings. The summed E-state index contributed by atoms with van der Waals surface area (Å²) in [6, 6.07) is 4.82. The number of nitrogen functional groups attached to an aromatic ring is 1. The first kappa shape index (κ1) is 13.9. The Kier molecular flexibility index (Phi) is 3.55. The van der Waals surface area contributed by atoms with E-state index in [4.69, 9.17) is 15.2 Å². The molecule has 0 spiro atoms. The summed E-state index contributed by atoms with van der Waals surface area (Å²) in [6.45, 7) is 1.10. The summed E-state index contributed by atoms with van der Waals surface area (Å²) in [5, 5.41) is 7.10. The summed E-state index contributed by atoms with van der Waals surface area (Å²) >= 11 is 0.795. The lowest BCUT2D eigenvalue weighted by Gasteiger charge is -2.10. The van der Waals surface area contributed by atoms with Gasteiger partial charge in [0.2, 0.25) is 5.13 Å². The molecule has 0 saturated carbocycles. The number of nitrogens with two attached hydrogens (primary N) is 1. The van der Waals surface area contributed by atoms with Crippen molar-refractivity contribution in [2.45, 2.75) is 10.8 Å². The van der Waals surface area contributed by atoms with E-state index in [2.05, 4.69) is 14.9 Å². The molecule has 21 heavy (non-hydrogen) atoms. The van der Waals surface area contributed by atoms with Crippen LogP contribution >= 0.6 is 11.3 Å². The van der Waals surface area contributed by atoms with Gasteiger partial charge in [-0.05, 0) is 12.1 Å². The second-order valence-electron chi connectivity index (χ2n) is 4.22. The zero-order valence-electron chi connectivity index (χ0n) is 10.8. The molecule has 0 radical (unpaired) electrons. The van der Waals surface area contributed by atoms with E-state index in [1.807, 2.05) is 0 Å². The molecule has 0 aliphatic carbocycles. The molecular formula is C11H12N4O4S2. The number of benzene rings is 1. The molecule has 2 heterocycles. The zero-order valence-corrected chi connectivity index (χ0v) is 12.4. The Bertz CT molecular complexity index is 759. The highest BCUT2D eigenvalue weighted by molar-refractivity contribution is 7.94. The Hall–Kier alpha value is -2.07. The van der Waals surface area contributed by atoms with E-state index in [0.717, 1.165) is 17.8 Å². The van der Waals surface area contributed by atoms with Crippen LogP contribution in [0, 0.1) is 0 Å². The van der Waals surface area contributed by atoms with Crippen LogP contribution in [-0.2, 0) is 10.0 Å². The number of fused-ring (bicyclic) bond motifs is 1. The molecule has 1 aliphatic heterocycles. The summed E-state index contributed by atoms with van der Waals surface area (Å²) in [5.74, 6) is 1.10. The molecule has 112 valence electrons. The third-order valence-electron chi connectivity index (χ3n) is 2.65. The van der Waals surface area contributed by atoms with Crippen molar-refractivity contribution < 1.29 is 17.9 Å². The first-order chi connectivity index (χ1) is 10.0. The molecule has 0 unspecified atom stereocenters. The van der Waals surface area contributed by atoms with Gasteiger partial charge in [-0.1, -0.05) is 11.3 Å². The van der Waals surface area contributed by atoms with Gasteiger partial charge in [0, 0.05) is 12.5 Å². The summed E-state index contributed by atoms with van der Waals surface area (Å²) in [7, 11) is -3.81. The standard InChI is InChI=1S/C11H12N4O4S2/c12-10-13-14-11(20-10)21(16,17)15-7-2-3-8-9(6-7)19-5-1-4-18-8/h2-3,6,15H,1,4-5H2,(H2,12,13). The largest absolute Gasteiger partial charge is 0.490 e. The van der Waals surface area contributed by atoms with Crippen LogP contribution in [-0.4, -0.2) is 31.8 Å². The molecule has 0 amide bonds. The minimum absolute atomic E-state index is 0.0917. The number of rotatable bonds is 3. The Labute approximate surface area is 125 Å². The van der Waals surface area contributed by atoms with Crippen LogP contribution in [0.4, 0.5) is 10.8 Å². The lowest BCUT2D eigenvalue weighted by Crippen LogP contribution is -2.12. The molecule has 1 aromatic heterocycles. The molecule has 0 saturated heterocycles. The third-order valence-corrected chi connectivity index (χ3v) is 5.15. The Morgan fingerprint density at radius 1 is 1.19 bits per heavy atom. The minimum Gasteiger partial charge on any atom is -0.490 e. The van der Waals surface area contributed by atoms with Crippen molar-refractivity contribution >= 4 is 32.2 Å². The molecule has 0 atom stereocenters. The molecule has 8 nitrogen and oxygen atoms in total. The number of ether oxygens (including phenoxy) is 2. The van der Waals surface area contributed by atoms with Crippen molar-refractivity contribution in [3.05, 3.63) is 18.2 Å². The van der Waals surface area contributed by atoms with Crippen molar-refractivity contribution in [3.8, 4) is 11.5 Å². The third kappa shape index (κ3) is 3.00. The topological polar surface area (TPSA) is 116 Å². The van der Waals surface area contributed by atoms with Crippen molar-refractivity contribution in [2.24, 2.45) is 0 Å². The molecule has 10 heteroatoms. The van der Waals surface area contributed by atoms with Crippen LogP contribution in [0.2, 0.25) is 0 Å². The number of hydrogen-bond acceptors (Lipinski definition) is 8. The average Bonchev–Trinajstić information content (AvgIpc) is 2.75. The number of sulfonamides is 1.